The molecular formula is C28H36O4. The second-order valence-electron chi connectivity index (χ2n) is 8.98. The largest absolute Gasteiger partial charge is 0.466 e. The highest BCUT2D eigenvalue weighted by Crippen LogP contribution is 2.50. The normalized spacial score (nSPS) is 22.9. The third-order valence-corrected chi connectivity index (χ3v) is 6.85. The van der Waals surface area contributed by atoms with Crippen molar-refractivity contribution in [3.8, 4) is 0 Å². The van der Waals surface area contributed by atoms with Crippen LogP contribution in [-0.2, 0) is 19.1 Å². The Labute approximate surface area is 192 Å². The van der Waals surface area contributed by atoms with E-state index >= 15 is 0 Å². The highest BCUT2D eigenvalue weighted by molar-refractivity contribution is 5.78. The van der Waals surface area contributed by atoms with Crippen molar-refractivity contribution >= 4 is 11.9 Å². The van der Waals surface area contributed by atoms with Crippen molar-refractivity contribution in [1.82, 2.24) is 0 Å². The summed E-state index contributed by atoms with van der Waals surface area (Å²) in [6.07, 6.45) is 1.90. The zero-order chi connectivity index (χ0) is 23.4. The van der Waals surface area contributed by atoms with E-state index in [1.165, 1.54) is 33.4 Å². The van der Waals surface area contributed by atoms with Crippen molar-refractivity contribution in [2.75, 3.05) is 13.2 Å². The summed E-state index contributed by atoms with van der Waals surface area (Å²) in [6, 6.07) is 12.6. The molecule has 2 aliphatic carbocycles. The highest BCUT2D eigenvalue weighted by Gasteiger charge is 2.46. The van der Waals surface area contributed by atoms with Gasteiger partial charge in [0.2, 0.25) is 0 Å². The lowest BCUT2D eigenvalue weighted by Crippen LogP contribution is -2.07. The number of benzene rings is 2. The Balaban J connectivity index is 0.000000181. The molecule has 2 aliphatic rings. The van der Waals surface area contributed by atoms with Crippen molar-refractivity contribution < 1.29 is 19.1 Å². The van der Waals surface area contributed by atoms with E-state index in [4.69, 9.17) is 9.47 Å². The third kappa shape index (κ3) is 5.40. The molecule has 2 saturated carbocycles. The third-order valence-electron chi connectivity index (χ3n) is 6.85. The lowest BCUT2D eigenvalue weighted by atomic mass is 9.99. The number of aryl methyl sites for hydroxylation is 2. The summed E-state index contributed by atoms with van der Waals surface area (Å²) < 4.78 is 10.1. The van der Waals surface area contributed by atoms with Gasteiger partial charge in [-0.3, -0.25) is 9.59 Å². The van der Waals surface area contributed by atoms with Gasteiger partial charge in [-0.05, 0) is 99.6 Å². The van der Waals surface area contributed by atoms with E-state index in [1.54, 1.807) is 0 Å². The zero-order valence-corrected chi connectivity index (χ0v) is 20.2. The Morgan fingerprint density at radius 3 is 1.44 bits per heavy atom. The van der Waals surface area contributed by atoms with Gasteiger partial charge in [-0.2, -0.15) is 0 Å². The van der Waals surface area contributed by atoms with Gasteiger partial charge in [-0.25, -0.2) is 0 Å². The molecule has 0 N–H and O–H groups in total. The van der Waals surface area contributed by atoms with E-state index in [0.29, 0.717) is 25.0 Å². The van der Waals surface area contributed by atoms with Gasteiger partial charge in [-0.15, -0.1) is 0 Å². The maximum absolute atomic E-state index is 11.6. The molecule has 32 heavy (non-hydrogen) atoms. The molecular weight excluding hydrogens is 400 g/mol. The number of carbonyl (C=O) groups is 2. The fourth-order valence-corrected chi connectivity index (χ4v) is 4.45. The van der Waals surface area contributed by atoms with E-state index in [9.17, 15) is 9.59 Å². The van der Waals surface area contributed by atoms with Gasteiger partial charge in [0.15, 0.2) is 0 Å². The van der Waals surface area contributed by atoms with Crippen LogP contribution in [0.4, 0.5) is 0 Å². The summed E-state index contributed by atoms with van der Waals surface area (Å²) >= 11 is 0. The summed E-state index contributed by atoms with van der Waals surface area (Å²) in [5.74, 6) is 0.903. The molecule has 0 spiro atoms. The molecule has 0 saturated heterocycles. The first kappa shape index (κ1) is 24.0. The molecule has 4 rings (SSSR count). The number of hydrogen-bond acceptors (Lipinski definition) is 4. The van der Waals surface area contributed by atoms with E-state index < -0.39 is 0 Å². The Hall–Kier alpha value is -2.62. The number of esters is 2. The number of hydrogen-bond donors (Lipinski definition) is 0. The Kier molecular flexibility index (Phi) is 7.76. The lowest BCUT2D eigenvalue weighted by Gasteiger charge is -2.07. The first-order chi connectivity index (χ1) is 15.3. The predicted octanol–water partition coefficient (Wildman–Crippen LogP) is 5.94. The summed E-state index contributed by atoms with van der Waals surface area (Å²) in [6.45, 7) is 13.2. The Morgan fingerprint density at radius 2 is 1.09 bits per heavy atom. The SMILES string of the molecule is CCOC(=O)C1CC1c1cccc(C)c1C.CCOC(=O)C1CC1c1cccc(C)c1C. The monoisotopic (exact) mass is 436 g/mol. The predicted molar refractivity (Wildman–Crippen MR) is 127 cm³/mol. The molecule has 2 fully saturated rings. The molecule has 4 atom stereocenters. The van der Waals surface area contributed by atoms with Crippen molar-refractivity contribution in [1.29, 1.82) is 0 Å². The van der Waals surface area contributed by atoms with Gasteiger partial charge in [0.05, 0.1) is 25.0 Å². The first-order valence-electron chi connectivity index (χ1n) is 11.8. The zero-order valence-electron chi connectivity index (χ0n) is 20.2. The summed E-state index contributed by atoms with van der Waals surface area (Å²) in [5.41, 5.74) is 7.87. The van der Waals surface area contributed by atoms with Crippen LogP contribution in [0.2, 0.25) is 0 Å². The minimum absolute atomic E-state index is 0.0339. The quantitative estimate of drug-likeness (QED) is 0.526. The molecule has 0 aromatic heterocycles. The van der Waals surface area contributed by atoms with Crippen LogP contribution >= 0.6 is 0 Å². The van der Waals surface area contributed by atoms with Crippen LogP contribution in [0, 0.1) is 39.5 Å². The van der Waals surface area contributed by atoms with Crippen LogP contribution in [0.5, 0.6) is 0 Å². The molecule has 2 aromatic rings. The van der Waals surface area contributed by atoms with Crippen LogP contribution in [0.15, 0.2) is 36.4 Å². The second kappa shape index (κ2) is 10.3. The Morgan fingerprint density at radius 1 is 0.719 bits per heavy atom. The topological polar surface area (TPSA) is 52.6 Å². The van der Waals surface area contributed by atoms with Crippen LogP contribution in [0.25, 0.3) is 0 Å². The van der Waals surface area contributed by atoms with Crippen molar-refractivity contribution in [2.45, 2.75) is 66.2 Å². The highest BCUT2D eigenvalue weighted by atomic mass is 16.5. The van der Waals surface area contributed by atoms with Gasteiger partial charge in [0, 0.05) is 0 Å². The second-order valence-corrected chi connectivity index (χ2v) is 8.98. The molecule has 0 heterocycles. The smallest absolute Gasteiger partial charge is 0.309 e. The number of ether oxygens (including phenoxy) is 2. The molecule has 0 aliphatic heterocycles. The minimum Gasteiger partial charge on any atom is -0.466 e. The van der Waals surface area contributed by atoms with Crippen LogP contribution in [-0.4, -0.2) is 25.2 Å². The number of rotatable bonds is 6. The van der Waals surface area contributed by atoms with Gasteiger partial charge in [-0.1, -0.05) is 36.4 Å². The van der Waals surface area contributed by atoms with Crippen molar-refractivity contribution in [3.63, 3.8) is 0 Å². The minimum atomic E-state index is -0.0339. The van der Waals surface area contributed by atoms with Crippen LogP contribution < -0.4 is 0 Å². The summed E-state index contributed by atoms with van der Waals surface area (Å²) in [7, 11) is 0. The van der Waals surface area contributed by atoms with Gasteiger partial charge in [0.25, 0.3) is 0 Å². The van der Waals surface area contributed by atoms with Crippen LogP contribution in [0.3, 0.4) is 0 Å². The van der Waals surface area contributed by atoms with Crippen LogP contribution in [0.1, 0.15) is 71.9 Å². The average molecular weight is 437 g/mol. The molecule has 0 bridgehead atoms. The van der Waals surface area contributed by atoms with E-state index in [0.717, 1.165) is 12.8 Å². The van der Waals surface area contributed by atoms with Crippen molar-refractivity contribution in [2.24, 2.45) is 11.8 Å². The van der Waals surface area contributed by atoms with Crippen molar-refractivity contribution in [3.05, 3.63) is 69.8 Å². The van der Waals surface area contributed by atoms with Gasteiger partial charge in [0.1, 0.15) is 0 Å². The lowest BCUT2D eigenvalue weighted by molar-refractivity contribution is -0.145. The maximum Gasteiger partial charge on any atom is 0.309 e. The number of carbonyl (C=O) groups excluding carboxylic acids is 2. The maximum atomic E-state index is 11.6. The van der Waals surface area contributed by atoms with E-state index in [2.05, 4.69) is 64.1 Å². The molecule has 0 amide bonds. The summed E-state index contributed by atoms with van der Waals surface area (Å²) in [5, 5.41) is 0. The van der Waals surface area contributed by atoms with E-state index in [1.807, 2.05) is 13.8 Å². The van der Waals surface area contributed by atoms with Gasteiger partial charge >= 0.3 is 11.9 Å². The molecule has 4 heteroatoms. The Bertz CT molecular complexity index is 898. The molecule has 4 unspecified atom stereocenters. The van der Waals surface area contributed by atoms with Gasteiger partial charge < -0.3 is 9.47 Å². The fraction of sp³-hybridized carbons (Fsp3) is 0.500. The molecule has 4 nitrogen and oxygen atoms in total. The average Bonchev–Trinajstić information content (AvgIpc) is 3.67. The molecule has 2 aromatic carbocycles. The molecule has 0 radical (unpaired) electrons. The first-order valence-corrected chi connectivity index (χ1v) is 11.8. The van der Waals surface area contributed by atoms with E-state index in [-0.39, 0.29) is 23.8 Å². The fourth-order valence-electron chi connectivity index (χ4n) is 4.45. The standard InChI is InChI=1S/2C14H18O2/c2*1-4-16-14(15)13-8-12(13)11-7-5-6-9(2)10(11)3/h2*5-7,12-13H,4,8H2,1-3H3. The summed E-state index contributed by atoms with van der Waals surface area (Å²) in [4.78, 5) is 23.1. The molecule has 172 valence electrons.